The van der Waals surface area contributed by atoms with Crippen molar-refractivity contribution in [3.05, 3.63) is 53.8 Å². The highest BCUT2D eigenvalue weighted by Crippen LogP contribution is 2.32. The fourth-order valence-corrected chi connectivity index (χ4v) is 3.73. The third kappa shape index (κ3) is 4.07. The number of carbonyl (C=O) groups excluding carboxylic acids is 1. The summed E-state index contributed by atoms with van der Waals surface area (Å²) in [7, 11) is 0. The van der Waals surface area contributed by atoms with Crippen LogP contribution in [0.25, 0.3) is 10.9 Å². The number of hydrogen-bond donors (Lipinski definition) is 1. The summed E-state index contributed by atoms with van der Waals surface area (Å²) in [5, 5.41) is 3.68. The Labute approximate surface area is 170 Å². The average Bonchev–Trinajstić information content (AvgIpc) is 3.19. The Kier molecular flexibility index (Phi) is 5.44. The molecule has 150 valence electrons. The Balaban J connectivity index is 1.55. The maximum atomic E-state index is 12.9. The second kappa shape index (κ2) is 8.16. The van der Waals surface area contributed by atoms with E-state index in [4.69, 9.17) is 11.6 Å². The predicted octanol–water partition coefficient (Wildman–Crippen LogP) is 4.49. The lowest BCUT2D eigenvalue weighted by Gasteiger charge is -2.26. The zero-order valence-corrected chi connectivity index (χ0v) is 15.9. The first-order chi connectivity index (χ1) is 14.0. The van der Waals surface area contributed by atoms with Gasteiger partial charge in [0.25, 0.3) is 0 Å². The molecule has 0 bridgehead atoms. The first kappa shape index (κ1) is 19.3. The number of fused-ring (bicyclic) bond motifs is 1. The van der Waals surface area contributed by atoms with Crippen molar-refractivity contribution in [3.8, 4) is 5.75 Å². The Morgan fingerprint density at radius 3 is 2.86 bits per heavy atom. The summed E-state index contributed by atoms with van der Waals surface area (Å²) in [4.78, 5) is 23.6. The van der Waals surface area contributed by atoms with Gasteiger partial charge in [-0.15, -0.1) is 0 Å². The molecule has 2 heterocycles. The van der Waals surface area contributed by atoms with Gasteiger partial charge in [-0.25, -0.2) is 9.97 Å². The summed E-state index contributed by atoms with van der Waals surface area (Å²) >= 11 is 5.97. The van der Waals surface area contributed by atoms with E-state index in [1.807, 2.05) is 29.2 Å². The van der Waals surface area contributed by atoms with E-state index in [0.717, 1.165) is 17.3 Å². The van der Waals surface area contributed by atoms with Crippen molar-refractivity contribution in [2.75, 3.05) is 16.8 Å². The minimum absolute atomic E-state index is 0.00632. The van der Waals surface area contributed by atoms with Crippen molar-refractivity contribution in [2.45, 2.75) is 25.5 Å². The normalized spacial score (nSPS) is 16.4. The Bertz CT molecular complexity index is 1040. The quantitative estimate of drug-likeness (QED) is 0.661. The molecule has 1 N–H and O–H groups in total. The number of halogens is 3. The molecule has 29 heavy (non-hydrogen) atoms. The number of amides is 1. The van der Waals surface area contributed by atoms with Gasteiger partial charge in [0.2, 0.25) is 5.91 Å². The number of nitrogens with one attached hydrogen (secondary N) is 1. The van der Waals surface area contributed by atoms with Crippen LogP contribution in [0.4, 0.5) is 20.3 Å². The van der Waals surface area contributed by atoms with Crippen LogP contribution in [0.2, 0.25) is 5.02 Å². The SMILES string of the molecule is O=C(Nc1ccc(OC(F)F)c(Cl)c1)[C@@H]1CCCN1c1ncnc2ccccc12. The van der Waals surface area contributed by atoms with Crippen LogP contribution < -0.4 is 15.0 Å². The Morgan fingerprint density at radius 2 is 2.07 bits per heavy atom. The van der Waals surface area contributed by atoms with E-state index in [1.165, 1.54) is 24.5 Å². The second-order valence-corrected chi connectivity index (χ2v) is 6.99. The molecule has 1 aliphatic heterocycles. The molecule has 2 aromatic carbocycles. The second-order valence-electron chi connectivity index (χ2n) is 6.58. The molecule has 1 aliphatic rings. The zero-order valence-electron chi connectivity index (χ0n) is 15.2. The highest BCUT2D eigenvalue weighted by Gasteiger charge is 2.32. The minimum Gasteiger partial charge on any atom is -0.433 e. The highest BCUT2D eigenvalue weighted by atomic mass is 35.5. The highest BCUT2D eigenvalue weighted by molar-refractivity contribution is 6.32. The third-order valence-corrected chi connectivity index (χ3v) is 5.06. The largest absolute Gasteiger partial charge is 0.433 e. The molecule has 1 aromatic heterocycles. The summed E-state index contributed by atoms with van der Waals surface area (Å²) in [5.41, 5.74) is 1.21. The van der Waals surface area contributed by atoms with Gasteiger partial charge < -0.3 is 15.0 Å². The minimum atomic E-state index is -2.97. The molecule has 1 amide bonds. The molecule has 9 heteroatoms. The number of ether oxygens (including phenoxy) is 1. The number of para-hydroxylation sites is 1. The number of anilines is 2. The van der Waals surface area contributed by atoms with Gasteiger partial charge in [0, 0.05) is 17.6 Å². The van der Waals surface area contributed by atoms with Crippen LogP contribution in [0.5, 0.6) is 5.75 Å². The lowest BCUT2D eigenvalue weighted by atomic mass is 10.1. The number of benzene rings is 2. The Morgan fingerprint density at radius 1 is 1.24 bits per heavy atom. The van der Waals surface area contributed by atoms with E-state index < -0.39 is 12.7 Å². The molecule has 1 fully saturated rings. The van der Waals surface area contributed by atoms with Crippen LogP contribution in [-0.2, 0) is 4.79 Å². The van der Waals surface area contributed by atoms with E-state index in [-0.39, 0.29) is 16.7 Å². The molecule has 6 nitrogen and oxygen atoms in total. The van der Waals surface area contributed by atoms with Crippen LogP contribution in [0.15, 0.2) is 48.8 Å². The van der Waals surface area contributed by atoms with Gasteiger partial charge in [0.15, 0.2) is 0 Å². The van der Waals surface area contributed by atoms with Gasteiger partial charge >= 0.3 is 6.61 Å². The van der Waals surface area contributed by atoms with Gasteiger partial charge in [0.05, 0.1) is 10.5 Å². The van der Waals surface area contributed by atoms with E-state index in [2.05, 4.69) is 20.0 Å². The first-order valence-electron chi connectivity index (χ1n) is 9.04. The third-order valence-electron chi connectivity index (χ3n) is 4.76. The summed E-state index contributed by atoms with van der Waals surface area (Å²) in [6, 6.07) is 11.4. The predicted molar refractivity (Wildman–Crippen MR) is 107 cm³/mol. The molecule has 1 atom stereocenters. The average molecular weight is 419 g/mol. The molecular weight excluding hydrogens is 402 g/mol. The van der Waals surface area contributed by atoms with Gasteiger partial charge in [-0.1, -0.05) is 23.7 Å². The number of carbonyl (C=O) groups is 1. The number of hydrogen-bond acceptors (Lipinski definition) is 5. The topological polar surface area (TPSA) is 67.3 Å². The fraction of sp³-hybridized carbons (Fsp3) is 0.250. The van der Waals surface area contributed by atoms with Crippen molar-refractivity contribution >= 4 is 39.9 Å². The first-order valence-corrected chi connectivity index (χ1v) is 9.42. The fourth-order valence-electron chi connectivity index (χ4n) is 3.51. The van der Waals surface area contributed by atoms with Crippen LogP contribution in [0.3, 0.4) is 0 Å². The summed E-state index contributed by atoms with van der Waals surface area (Å²) in [6.07, 6.45) is 3.01. The van der Waals surface area contributed by atoms with Crippen molar-refractivity contribution < 1.29 is 18.3 Å². The standard InChI is InChI=1S/C20H17ClF2N4O2/c21-14-10-12(7-8-17(14)29-20(22)23)26-19(28)16-6-3-9-27(16)18-13-4-1-2-5-15(13)24-11-25-18/h1-2,4-5,7-8,10-11,16,20H,3,6,9H2,(H,26,28)/t16-/m0/s1. The lowest BCUT2D eigenvalue weighted by Crippen LogP contribution is -2.40. The van der Waals surface area contributed by atoms with Gasteiger partial charge in [-0.3, -0.25) is 4.79 Å². The van der Waals surface area contributed by atoms with Crippen molar-refractivity contribution in [3.63, 3.8) is 0 Å². The summed E-state index contributed by atoms with van der Waals surface area (Å²) in [6.45, 7) is -2.27. The number of nitrogens with zero attached hydrogens (tertiary/aromatic N) is 3. The maximum Gasteiger partial charge on any atom is 0.387 e. The molecular formula is C20H17ClF2N4O2. The van der Waals surface area contributed by atoms with Gasteiger partial charge in [0.1, 0.15) is 23.9 Å². The van der Waals surface area contributed by atoms with Crippen LogP contribution in [-0.4, -0.2) is 35.1 Å². The molecule has 0 spiro atoms. The van der Waals surface area contributed by atoms with E-state index >= 15 is 0 Å². The van der Waals surface area contributed by atoms with Crippen LogP contribution >= 0.6 is 11.6 Å². The number of aromatic nitrogens is 2. The van der Waals surface area contributed by atoms with E-state index in [0.29, 0.717) is 24.5 Å². The van der Waals surface area contributed by atoms with E-state index in [1.54, 1.807) is 0 Å². The van der Waals surface area contributed by atoms with Gasteiger partial charge in [-0.05, 0) is 43.2 Å². The van der Waals surface area contributed by atoms with Crippen molar-refractivity contribution in [2.24, 2.45) is 0 Å². The van der Waals surface area contributed by atoms with Gasteiger partial charge in [-0.2, -0.15) is 8.78 Å². The monoisotopic (exact) mass is 418 g/mol. The number of alkyl halides is 2. The number of rotatable bonds is 5. The van der Waals surface area contributed by atoms with Crippen molar-refractivity contribution in [1.29, 1.82) is 0 Å². The maximum absolute atomic E-state index is 12.9. The summed E-state index contributed by atoms with van der Waals surface area (Å²) < 4.78 is 29.0. The molecule has 0 unspecified atom stereocenters. The smallest absolute Gasteiger partial charge is 0.387 e. The molecule has 1 saturated heterocycles. The molecule has 4 rings (SSSR count). The van der Waals surface area contributed by atoms with E-state index in [9.17, 15) is 13.6 Å². The van der Waals surface area contributed by atoms with Crippen LogP contribution in [0.1, 0.15) is 12.8 Å². The molecule has 0 radical (unpaired) electrons. The summed E-state index contributed by atoms with van der Waals surface area (Å²) in [5.74, 6) is 0.352. The molecule has 3 aromatic rings. The molecule has 0 saturated carbocycles. The van der Waals surface area contributed by atoms with Crippen molar-refractivity contribution in [1.82, 2.24) is 9.97 Å². The lowest BCUT2D eigenvalue weighted by molar-refractivity contribution is -0.117. The molecule has 0 aliphatic carbocycles. The Hall–Kier alpha value is -3.00. The van der Waals surface area contributed by atoms with Crippen LogP contribution in [0, 0.1) is 0 Å². The zero-order chi connectivity index (χ0) is 20.4.